The zero-order chi connectivity index (χ0) is 37.9. The van der Waals surface area contributed by atoms with Gasteiger partial charge in [0.15, 0.2) is 5.82 Å². The van der Waals surface area contributed by atoms with Crippen LogP contribution in [0.5, 0.6) is 0 Å². The Balaban J connectivity index is 1.19. The Bertz CT molecular complexity index is 3230. The minimum Gasteiger partial charge on any atom is -0.309 e. The third-order valence-electron chi connectivity index (χ3n) is 11.2. The normalized spacial score (nSPS) is 11.6. The lowest BCUT2D eigenvalue weighted by Crippen LogP contribution is -2.01. The number of nitrogens with zero attached hydrogens (tertiary/aromatic N) is 4. The highest BCUT2D eigenvalue weighted by atomic mass is 15.0. The highest BCUT2D eigenvalue weighted by molar-refractivity contribution is 6.11. The molecule has 0 N–H and O–H groups in total. The van der Waals surface area contributed by atoms with E-state index < -0.39 is 0 Å². The molecule has 3 aromatic heterocycles. The molecule has 0 unspecified atom stereocenters. The molecule has 0 aliphatic rings. The van der Waals surface area contributed by atoms with Gasteiger partial charge in [-0.05, 0) is 72.6 Å². The molecule has 11 rings (SSSR count). The maximum Gasteiger partial charge on any atom is 0.160 e. The SMILES string of the molecule is Cc1ccc2c(c1)c1ccccc1n2-c1cc(-c2cc(-c3ccc(-c4ccccc4)cc3)nc(-c3ccccc3)n2)cc(-n2c3ccccc3c3ccccc32)c1. The van der Waals surface area contributed by atoms with Gasteiger partial charge in [-0.3, -0.25) is 0 Å². The maximum atomic E-state index is 5.34. The zero-order valence-electron chi connectivity index (χ0n) is 31.3. The Morgan fingerprint density at radius 2 is 0.754 bits per heavy atom. The second kappa shape index (κ2) is 13.3. The van der Waals surface area contributed by atoms with Gasteiger partial charge in [0.05, 0.1) is 33.5 Å². The first kappa shape index (κ1) is 32.8. The predicted molar refractivity (Wildman–Crippen MR) is 237 cm³/mol. The minimum absolute atomic E-state index is 0.686. The summed E-state index contributed by atoms with van der Waals surface area (Å²) in [7, 11) is 0. The van der Waals surface area contributed by atoms with E-state index in [0.29, 0.717) is 5.82 Å². The summed E-state index contributed by atoms with van der Waals surface area (Å²) in [6.07, 6.45) is 0. The molecule has 0 saturated carbocycles. The van der Waals surface area contributed by atoms with Crippen LogP contribution in [0.25, 0.3) is 100 Å². The molecular formula is C53H36N4. The van der Waals surface area contributed by atoms with E-state index in [0.717, 1.165) is 56.0 Å². The van der Waals surface area contributed by atoms with Crippen molar-refractivity contribution in [1.29, 1.82) is 0 Å². The van der Waals surface area contributed by atoms with Gasteiger partial charge in [0.1, 0.15) is 0 Å². The van der Waals surface area contributed by atoms with Crippen LogP contribution < -0.4 is 0 Å². The van der Waals surface area contributed by atoms with Crippen LogP contribution >= 0.6 is 0 Å². The number of aromatic nitrogens is 4. The van der Waals surface area contributed by atoms with E-state index in [2.05, 4.69) is 198 Å². The van der Waals surface area contributed by atoms with Crippen molar-refractivity contribution in [3.63, 3.8) is 0 Å². The lowest BCUT2D eigenvalue weighted by molar-refractivity contribution is 1.13. The molecule has 0 fully saturated rings. The Morgan fingerprint density at radius 3 is 1.33 bits per heavy atom. The molecule has 4 nitrogen and oxygen atoms in total. The second-order valence-electron chi connectivity index (χ2n) is 14.8. The molecule has 0 radical (unpaired) electrons. The molecule has 0 aliphatic carbocycles. The third kappa shape index (κ3) is 5.61. The van der Waals surface area contributed by atoms with Gasteiger partial charge in [0, 0.05) is 49.6 Å². The molecule has 0 bridgehead atoms. The quantitative estimate of drug-likeness (QED) is 0.171. The van der Waals surface area contributed by atoms with E-state index >= 15 is 0 Å². The van der Waals surface area contributed by atoms with Gasteiger partial charge in [0.25, 0.3) is 0 Å². The van der Waals surface area contributed by atoms with Gasteiger partial charge < -0.3 is 9.13 Å². The van der Waals surface area contributed by atoms with Gasteiger partial charge >= 0.3 is 0 Å². The van der Waals surface area contributed by atoms with Gasteiger partial charge in [-0.2, -0.15) is 0 Å². The van der Waals surface area contributed by atoms with Gasteiger partial charge in [-0.1, -0.05) is 151 Å². The average molecular weight is 729 g/mol. The summed E-state index contributed by atoms with van der Waals surface area (Å²) in [5.41, 5.74) is 15.1. The molecular weight excluding hydrogens is 693 g/mol. The van der Waals surface area contributed by atoms with Gasteiger partial charge in [0.2, 0.25) is 0 Å². The molecule has 4 heteroatoms. The van der Waals surface area contributed by atoms with Crippen LogP contribution in [0.1, 0.15) is 5.56 Å². The largest absolute Gasteiger partial charge is 0.309 e. The summed E-state index contributed by atoms with van der Waals surface area (Å²) < 4.78 is 4.81. The van der Waals surface area contributed by atoms with Crippen molar-refractivity contribution in [3.05, 3.63) is 206 Å². The van der Waals surface area contributed by atoms with Crippen molar-refractivity contribution in [3.8, 4) is 56.4 Å². The number of aryl methyl sites for hydroxylation is 1. The Hall–Kier alpha value is -7.56. The van der Waals surface area contributed by atoms with Crippen molar-refractivity contribution in [2.24, 2.45) is 0 Å². The molecule has 268 valence electrons. The standard InChI is InChI=1S/C53H36N4/c1-35-24-29-52-46(30-35)45-20-10-13-23-51(45)57(52)42-32-40(31-41(33-42)56-49-21-11-8-18-43(49)44-19-9-12-22-50(44)56)48-34-47(54-53(55-48)39-16-6-3-7-17-39)38-27-25-37(26-28-38)36-14-4-2-5-15-36/h2-34H,1H3. The number of benzene rings is 8. The fraction of sp³-hybridized carbons (Fsp3) is 0.0189. The lowest BCUT2D eigenvalue weighted by Gasteiger charge is -2.16. The van der Waals surface area contributed by atoms with E-state index in [1.54, 1.807) is 0 Å². The van der Waals surface area contributed by atoms with Crippen LogP contribution in [0.2, 0.25) is 0 Å². The average Bonchev–Trinajstić information content (AvgIpc) is 3.79. The van der Waals surface area contributed by atoms with Crippen molar-refractivity contribution in [1.82, 2.24) is 19.1 Å². The summed E-state index contributed by atoms with van der Waals surface area (Å²) in [5, 5.41) is 4.92. The number of rotatable bonds is 6. The molecule has 0 aliphatic heterocycles. The number of fused-ring (bicyclic) bond motifs is 6. The van der Waals surface area contributed by atoms with Crippen molar-refractivity contribution >= 4 is 43.6 Å². The van der Waals surface area contributed by atoms with Crippen molar-refractivity contribution in [2.75, 3.05) is 0 Å². The zero-order valence-corrected chi connectivity index (χ0v) is 31.3. The first-order chi connectivity index (χ1) is 28.2. The predicted octanol–water partition coefficient (Wildman–Crippen LogP) is 13.6. The minimum atomic E-state index is 0.686. The van der Waals surface area contributed by atoms with E-state index in [4.69, 9.17) is 9.97 Å². The highest BCUT2D eigenvalue weighted by Gasteiger charge is 2.19. The van der Waals surface area contributed by atoms with Crippen LogP contribution in [0.4, 0.5) is 0 Å². The summed E-state index contributed by atoms with van der Waals surface area (Å²) >= 11 is 0. The summed E-state index contributed by atoms with van der Waals surface area (Å²) in [5.74, 6) is 0.686. The van der Waals surface area contributed by atoms with Gasteiger partial charge in [-0.15, -0.1) is 0 Å². The lowest BCUT2D eigenvalue weighted by atomic mass is 10.0. The molecule has 8 aromatic carbocycles. The van der Waals surface area contributed by atoms with Gasteiger partial charge in [-0.25, -0.2) is 9.97 Å². The Labute approximate surface area is 330 Å². The smallest absolute Gasteiger partial charge is 0.160 e. The third-order valence-corrected chi connectivity index (χ3v) is 11.2. The van der Waals surface area contributed by atoms with Crippen LogP contribution in [-0.2, 0) is 0 Å². The van der Waals surface area contributed by atoms with E-state index in [9.17, 15) is 0 Å². The number of hydrogen-bond donors (Lipinski definition) is 0. The summed E-state index contributed by atoms with van der Waals surface area (Å²) in [4.78, 5) is 10.5. The first-order valence-corrected chi connectivity index (χ1v) is 19.4. The van der Waals surface area contributed by atoms with Crippen LogP contribution in [0.15, 0.2) is 200 Å². The fourth-order valence-corrected chi connectivity index (χ4v) is 8.49. The summed E-state index contributed by atoms with van der Waals surface area (Å²) in [6.45, 7) is 2.17. The molecule has 0 spiro atoms. The number of para-hydroxylation sites is 3. The number of hydrogen-bond acceptors (Lipinski definition) is 2. The molecule has 11 aromatic rings. The molecule has 0 saturated heterocycles. The van der Waals surface area contributed by atoms with Crippen LogP contribution in [0.3, 0.4) is 0 Å². The molecule has 57 heavy (non-hydrogen) atoms. The molecule has 3 heterocycles. The van der Waals surface area contributed by atoms with Crippen molar-refractivity contribution in [2.45, 2.75) is 6.92 Å². The van der Waals surface area contributed by atoms with Crippen LogP contribution in [0, 0.1) is 6.92 Å². The fourth-order valence-electron chi connectivity index (χ4n) is 8.49. The molecule has 0 atom stereocenters. The second-order valence-corrected chi connectivity index (χ2v) is 14.8. The maximum absolute atomic E-state index is 5.34. The van der Waals surface area contributed by atoms with Crippen molar-refractivity contribution < 1.29 is 0 Å². The Kier molecular flexibility index (Phi) is 7.68. The Morgan fingerprint density at radius 1 is 0.316 bits per heavy atom. The van der Waals surface area contributed by atoms with E-state index in [1.807, 2.05) is 18.2 Å². The topological polar surface area (TPSA) is 35.6 Å². The first-order valence-electron chi connectivity index (χ1n) is 19.4. The highest BCUT2D eigenvalue weighted by Crippen LogP contribution is 2.39. The monoisotopic (exact) mass is 728 g/mol. The van der Waals surface area contributed by atoms with E-state index in [1.165, 1.54) is 43.8 Å². The van der Waals surface area contributed by atoms with E-state index in [-0.39, 0.29) is 0 Å². The molecule has 0 amide bonds. The van der Waals surface area contributed by atoms with Crippen LogP contribution in [-0.4, -0.2) is 19.1 Å². The summed E-state index contributed by atoms with van der Waals surface area (Å²) in [6, 6.07) is 71.4.